The molecule has 0 aromatic heterocycles. The molecule has 3 atom stereocenters. The first-order valence-corrected chi connectivity index (χ1v) is 9.24. The van der Waals surface area contributed by atoms with Crippen LogP contribution in [0.15, 0.2) is 91.0 Å². The van der Waals surface area contributed by atoms with Crippen molar-refractivity contribution in [1.82, 2.24) is 0 Å². The van der Waals surface area contributed by atoms with Gasteiger partial charge in [-0.2, -0.15) is 0 Å². The highest BCUT2D eigenvalue weighted by Gasteiger charge is 2.60. The summed E-state index contributed by atoms with van der Waals surface area (Å²) in [5.74, 6) is -1.15. The first kappa shape index (κ1) is 16.7. The third kappa shape index (κ3) is 2.52. The Bertz CT molecular complexity index is 1010. The Morgan fingerprint density at radius 1 is 0.643 bits per heavy atom. The minimum atomic E-state index is -0.835. The molecule has 0 unspecified atom stereocenters. The molecular weight excluding hydrogens is 352 g/mol. The Balaban J connectivity index is 1.59. The van der Waals surface area contributed by atoms with Crippen molar-refractivity contribution < 1.29 is 14.4 Å². The van der Waals surface area contributed by atoms with Crippen LogP contribution in [-0.4, -0.2) is 17.9 Å². The van der Waals surface area contributed by atoms with Crippen LogP contribution in [0.3, 0.4) is 0 Å². The smallest absolute Gasteiger partial charge is 0.266 e. The summed E-state index contributed by atoms with van der Waals surface area (Å²) >= 11 is 0. The number of anilines is 2. The number of hydrogen-bond acceptors (Lipinski definition) is 4. The zero-order chi connectivity index (χ0) is 19.1. The van der Waals surface area contributed by atoms with E-state index in [0.29, 0.717) is 5.69 Å². The number of nitrogens with zero attached hydrogens (tertiary/aromatic N) is 2. The van der Waals surface area contributed by atoms with Gasteiger partial charge >= 0.3 is 0 Å². The average Bonchev–Trinajstić information content (AvgIpc) is 3.26. The number of imide groups is 1. The second-order valence-corrected chi connectivity index (χ2v) is 6.92. The van der Waals surface area contributed by atoms with Gasteiger partial charge in [-0.1, -0.05) is 66.7 Å². The van der Waals surface area contributed by atoms with Crippen LogP contribution in [0.4, 0.5) is 11.4 Å². The molecule has 5 heteroatoms. The van der Waals surface area contributed by atoms with E-state index in [9.17, 15) is 9.59 Å². The Kier molecular flexibility index (Phi) is 3.95. The fraction of sp³-hybridized carbons (Fsp3) is 0.130. The van der Waals surface area contributed by atoms with Gasteiger partial charge in [0.1, 0.15) is 5.92 Å². The lowest BCUT2D eigenvalue weighted by molar-refractivity contribution is -0.126. The summed E-state index contributed by atoms with van der Waals surface area (Å²) in [6, 6.07) is 28.0. The number of fused-ring (bicyclic) bond motifs is 1. The molecule has 138 valence electrons. The lowest BCUT2D eigenvalue weighted by atomic mass is 9.90. The van der Waals surface area contributed by atoms with Crippen LogP contribution in [0.2, 0.25) is 0 Å². The van der Waals surface area contributed by atoms with Crippen molar-refractivity contribution in [3.05, 3.63) is 96.6 Å². The van der Waals surface area contributed by atoms with Gasteiger partial charge in [0.15, 0.2) is 6.10 Å². The highest BCUT2D eigenvalue weighted by molar-refractivity contribution is 6.23. The molecule has 0 aliphatic carbocycles. The molecule has 0 spiro atoms. The summed E-state index contributed by atoms with van der Waals surface area (Å²) in [4.78, 5) is 33.8. The highest BCUT2D eigenvalue weighted by Crippen LogP contribution is 2.47. The number of amides is 2. The van der Waals surface area contributed by atoms with Gasteiger partial charge in [0.2, 0.25) is 5.91 Å². The SMILES string of the molecule is O=C1[C@@H]2[C@H](ON(c3ccccc3)[C@@H]2c2ccccc2)C(=O)N1c1ccccc1. The monoisotopic (exact) mass is 370 g/mol. The number of para-hydroxylation sites is 2. The summed E-state index contributed by atoms with van der Waals surface area (Å²) in [7, 11) is 0. The normalized spacial score (nSPS) is 23.9. The quantitative estimate of drug-likeness (QED) is 0.659. The van der Waals surface area contributed by atoms with Crippen LogP contribution >= 0.6 is 0 Å². The standard InChI is InChI=1S/C23H18N2O3/c26-22-19-20(16-10-4-1-5-11-16)25(18-14-8-3-9-15-18)28-21(19)23(27)24(22)17-12-6-2-7-13-17/h1-15,19-21H/t19-,20+,21-/m0/s1. The molecule has 0 bridgehead atoms. The first-order valence-electron chi connectivity index (χ1n) is 9.24. The lowest BCUT2D eigenvalue weighted by Gasteiger charge is -2.28. The fourth-order valence-electron chi connectivity index (χ4n) is 4.03. The second-order valence-electron chi connectivity index (χ2n) is 6.92. The number of rotatable bonds is 3. The largest absolute Gasteiger partial charge is 0.273 e. The minimum Gasteiger partial charge on any atom is -0.273 e. The van der Waals surface area contributed by atoms with E-state index in [-0.39, 0.29) is 17.9 Å². The van der Waals surface area contributed by atoms with E-state index in [1.165, 1.54) is 4.90 Å². The van der Waals surface area contributed by atoms with Crippen molar-refractivity contribution in [2.24, 2.45) is 5.92 Å². The van der Waals surface area contributed by atoms with Gasteiger partial charge in [0.25, 0.3) is 5.91 Å². The van der Waals surface area contributed by atoms with Crippen LogP contribution < -0.4 is 9.96 Å². The number of benzene rings is 3. The van der Waals surface area contributed by atoms with E-state index in [0.717, 1.165) is 11.3 Å². The molecule has 3 aromatic carbocycles. The fourth-order valence-corrected chi connectivity index (χ4v) is 4.03. The maximum absolute atomic E-state index is 13.4. The lowest BCUT2D eigenvalue weighted by Crippen LogP contribution is -2.37. The predicted octanol–water partition coefficient (Wildman–Crippen LogP) is 3.74. The molecule has 2 fully saturated rings. The topological polar surface area (TPSA) is 49.9 Å². The number of carbonyl (C=O) groups is 2. The van der Waals surface area contributed by atoms with Crippen molar-refractivity contribution in [2.75, 3.05) is 9.96 Å². The van der Waals surface area contributed by atoms with Crippen molar-refractivity contribution in [2.45, 2.75) is 12.1 Å². The van der Waals surface area contributed by atoms with Gasteiger partial charge in [0.05, 0.1) is 17.4 Å². The average molecular weight is 370 g/mol. The molecule has 3 aromatic rings. The van der Waals surface area contributed by atoms with Gasteiger partial charge in [-0.25, -0.2) is 9.96 Å². The summed E-state index contributed by atoms with van der Waals surface area (Å²) in [6.07, 6.45) is -0.835. The van der Waals surface area contributed by atoms with E-state index in [1.807, 2.05) is 78.9 Å². The van der Waals surface area contributed by atoms with E-state index in [4.69, 9.17) is 4.84 Å². The third-order valence-corrected chi connectivity index (χ3v) is 5.28. The Hall–Kier alpha value is -3.44. The van der Waals surface area contributed by atoms with Gasteiger partial charge in [-0.15, -0.1) is 0 Å². The predicted molar refractivity (Wildman–Crippen MR) is 105 cm³/mol. The van der Waals surface area contributed by atoms with Gasteiger partial charge in [-0.3, -0.25) is 14.4 Å². The maximum atomic E-state index is 13.4. The van der Waals surface area contributed by atoms with Crippen molar-refractivity contribution in [3.8, 4) is 0 Å². The van der Waals surface area contributed by atoms with Crippen LogP contribution in [0.25, 0.3) is 0 Å². The van der Waals surface area contributed by atoms with E-state index in [1.54, 1.807) is 17.2 Å². The molecule has 0 radical (unpaired) electrons. The maximum Gasteiger partial charge on any atom is 0.266 e. The molecule has 2 aliphatic heterocycles. The van der Waals surface area contributed by atoms with E-state index < -0.39 is 12.0 Å². The van der Waals surface area contributed by atoms with Gasteiger partial charge in [0, 0.05) is 0 Å². The van der Waals surface area contributed by atoms with Crippen molar-refractivity contribution in [3.63, 3.8) is 0 Å². The van der Waals surface area contributed by atoms with Gasteiger partial charge in [-0.05, 0) is 29.8 Å². The molecule has 2 saturated heterocycles. The van der Waals surface area contributed by atoms with Crippen molar-refractivity contribution in [1.29, 1.82) is 0 Å². The van der Waals surface area contributed by atoms with Crippen LogP contribution in [0, 0.1) is 5.92 Å². The van der Waals surface area contributed by atoms with Crippen LogP contribution in [0.1, 0.15) is 11.6 Å². The zero-order valence-electron chi connectivity index (χ0n) is 15.0. The molecule has 0 N–H and O–H groups in total. The highest BCUT2D eigenvalue weighted by atomic mass is 16.7. The van der Waals surface area contributed by atoms with Crippen LogP contribution in [-0.2, 0) is 14.4 Å². The summed E-state index contributed by atoms with van der Waals surface area (Å²) in [6.45, 7) is 0. The summed E-state index contributed by atoms with van der Waals surface area (Å²) in [5, 5.41) is 1.71. The van der Waals surface area contributed by atoms with Gasteiger partial charge < -0.3 is 0 Å². The molecular formula is C23H18N2O3. The second kappa shape index (κ2) is 6.62. The number of hydroxylamine groups is 1. The first-order chi connectivity index (χ1) is 13.8. The summed E-state index contributed by atoms with van der Waals surface area (Å²) in [5.41, 5.74) is 2.33. The molecule has 2 amide bonds. The minimum absolute atomic E-state index is 0.228. The molecule has 28 heavy (non-hydrogen) atoms. The summed E-state index contributed by atoms with van der Waals surface area (Å²) < 4.78 is 0. The number of carbonyl (C=O) groups excluding carboxylic acids is 2. The third-order valence-electron chi connectivity index (χ3n) is 5.28. The Morgan fingerprint density at radius 3 is 1.79 bits per heavy atom. The molecule has 0 saturated carbocycles. The molecule has 2 heterocycles. The van der Waals surface area contributed by atoms with E-state index >= 15 is 0 Å². The Labute approximate surface area is 162 Å². The molecule has 2 aliphatic rings. The molecule has 5 nitrogen and oxygen atoms in total. The Morgan fingerprint density at radius 2 is 1.18 bits per heavy atom. The van der Waals surface area contributed by atoms with Crippen molar-refractivity contribution >= 4 is 23.2 Å². The zero-order valence-corrected chi connectivity index (χ0v) is 15.0. The van der Waals surface area contributed by atoms with Crippen LogP contribution in [0.5, 0.6) is 0 Å². The van der Waals surface area contributed by atoms with E-state index in [2.05, 4.69) is 0 Å². The molecule has 5 rings (SSSR count). The number of hydrogen-bond donors (Lipinski definition) is 0.